The molecule has 2 atom stereocenters. The highest BCUT2D eigenvalue weighted by Gasteiger charge is 2.24. The largest absolute Gasteiger partial charge is 0.302 e. The normalized spacial score (nSPS) is 13.7. The zero-order valence-corrected chi connectivity index (χ0v) is 14.7. The van der Waals surface area contributed by atoms with Crippen LogP contribution in [-0.2, 0) is 0 Å². The van der Waals surface area contributed by atoms with E-state index in [0.29, 0.717) is 11.3 Å². The fraction of sp³-hybridized carbons (Fsp3) is 0.300. The standard InChI is InChI=1S/C20H25NS/c1-16(2)15-19(21(3)4)20(17-11-7-5-8-12-17)22-18-13-9-6-10-14-18/h5-15,19-20H,1-4H3. The van der Waals surface area contributed by atoms with Gasteiger partial charge in [-0.3, -0.25) is 0 Å². The van der Waals surface area contributed by atoms with E-state index in [0.717, 1.165) is 0 Å². The Labute approximate surface area is 139 Å². The van der Waals surface area contributed by atoms with Crippen LogP contribution >= 0.6 is 11.8 Å². The number of benzene rings is 2. The van der Waals surface area contributed by atoms with Crippen molar-refractivity contribution in [2.24, 2.45) is 0 Å². The van der Waals surface area contributed by atoms with Crippen molar-refractivity contribution in [1.29, 1.82) is 0 Å². The third kappa shape index (κ3) is 4.75. The van der Waals surface area contributed by atoms with E-state index in [1.54, 1.807) is 0 Å². The molecule has 0 aromatic heterocycles. The summed E-state index contributed by atoms with van der Waals surface area (Å²) >= 11 is 1.93. The lowest BCUT2D eigenvalue weighted by Gasteiger charge is -2.30. The van der Waals surface area contributed by atoms with Crippen LogP contribution in [0, 0.1) is 0 Å². The summed E-state index contributed by atoms with van der Waals surface area (Å²) in [6.07, 6.45) is 2.37. The summed E-state index contributed by atoms with van der Waals surface area (Å²) in [6, 6.07) is 21.8. The maximum atomic E-state index is 2.37. The van der Waals surface area contributed by atoms with Crippen molar-refractivity contribution < 1.29 is 0 Å². The van der Waals surface area contributed by atoms with Crippen LogP contribution in [0.4, 0.5) is 0 Å². The molecule has 22 heavy (non-hydrogen) atoms. The highest BCUT2D eigenvalue weighted by Crippen LogP contribution is 2.39. The molecule has 0 amide bonds. The summed E-state index contributed by atoms with van der Waals surface area (Å²) in [7, 11) is 4.32. The van der Waals surface area contributed by atoms with Crippen molar-refractivity contribution in [3.63, 3.8) is 0 Å². The molecule has 0 spiro atoms. The van der Waals surface area contributed by atoms with Gasteiger partial charge in [-0.2, -0.15) is 0 Å². The second kappa shape index (κ2) is 8.21. The van der Waals surface area contributed by atoms with Gasteiger partial charge in [-0.1, -0.05) is 60.2 Å². The highest BCUT2D eigenvalue weighted by molar-refractivity contribution is 7.99. The first-order chi connectivity index (χ1) is 10.6. The number of likely N-dealkylation sites (N-methyl/N-ethyl adjacent to an activating group) is 1. The third-order valence-corrected chi connectivity index (χ3v) is 4.89. The van der Waals surface area contributed by atoms with Gasteiger partial charge in [0.25, 0.3) is 0 Å². The second-order valence-electron chi connectivity index (χ2n) is 5.96. The maximum absolute atomic E-state index is 2.37. The van der Waals surface area contributed by atoms with E-state index in [1.807, 2.05) is 11.8 Å². The Kier molecular flexibility index (Phi) is 6.29. The van der Waals surface area contributed by atoms with Crippen molar-refractivity contribution >= 4 is 11.8 Å². The molecule has 2 aromatic rings. The zero-order valence-electron chi connectivity index (χ0n) is 13.9. The van der Waals surface area contributed by atoms with Crippen LogP contribution in [0.25, 0.3) is 0 Å². The molecule has 0 heterocycles. The van der Waals surface area contributed by atoms with E-state index in [-0.39, 0.29) is 0 Å². The van der Waals surface area contributed by atoms with Gasteiger partial charge in [-0.25, -0.2) is 0 Å². The Morgan fingerprint density at radius 3 is 1.95 bits per heavy atom. The van der Waals surface area contributed by atoms with Gasteiger partial charge in [0.05, 0.1) is 5.25 Å². The second-order valence-corrected chi connectivity index (χ2v) is 7.18. The van der Waals surface area contributed by atoms with Gasteiger partial charge in [0.2, 0.25) is 0 Å². The van der Waals surface area contributed by atoms with Gasteiger partial charge in [-0.05, 0) is 45.6 Å². The minimum atomic E-state index is 0.359. The number of hydrogen-bond donors (Lipinski definition) is 0. The van der Waals surface area contributed by atoms with E-state index in [1.165, 1.54) is 16.0 Å². The van der Waals surface area contributed by atoms with Gasteiger partial charge in [0.15, 0.2) is 0 Å². The number of nitrogens with zero attached hydrogens (tertiary/aromatic N) is 1. The minimum Gasteiger partial charge on any atom is -0.302 e. The van der Waals surface area contributed by atoms with E-state index < -0.39 is 0 Å². The lowest BCUT2D eigenvalue weighted by molar-refractivity contribution is 0.336. The zero-order chi connectivity index (χ0) is 15.9. The lowest BCUT2D eigenvalue weighted by atomic mass is 10.0. The predicted molar refractivity (Wildman–Crippen MR) is 98.4 cm³/mol. The van der Waals surface area contributed by atoms with Crippen molar-refractivity contribution in [3.05, 3.63) is 77.9 Å². The van der Waals surface area contributed by atoms with Crippen LogP contribution in [0.15, 0.2) is 77.2 Å². The Morgan fingerprint density at radius 1 is 0.909 bits per heavy atom. The van der Waals surface area contributed by atoms with Gasteiger partial charge < -0.3 is 4.90 Å². The molecule has 116 valence electrons. The van der Waals surface area contributed by atoms with Crippen LogP contribution in [0.2, 0.25) is 0 Å². The number of rotatable bonds is 6. The molecule has 1 nitrogen and oxygen atoms in total. The van der Waals surface area contributed by atoms with Crippen molar-refractivity contribution in [2.75, 3.05) is 14.1 Å². The summed E-state index contributed by atoms with van der Waals surface area (Å²) in [4.78, 5) is 3.62. The number of allylic oxidation sites excluding steroid dienone is 1. The van der Waals surface area contributed by atoms with E-state index in [9.17, 15) is 0 Å². The molecule has 0 fully saturated rings. The smallest absolute Gasteiger partial charge is 0.0535 e. The van der Waals surface area contributed by atoms with Gasteiger partial charge >= 0.3 is 0 Å². The molecule has 0 radical (unpaired) electrons. The Morgan fingerprint density at radius 2 is 1.45 bits per heavy atom. The summed E-state index contributed by atoms with van der Waals surface area (Å²) in [5.74, 6) is 0. The SMILES string of the molecule is CC(C)=CC(C(Sc1ccccc1)c1ccccc1)N(C)C. The van der Waals surface area contributed by atoms with Crippen LogP contribution in [0.1, 0.15) is 24.7 Å². The summed E-state index contributed by atoms with van der Waals surface area (Å²) < 4.78 is 0. The molecule has 2 aromatic carbocycles. The molecule has 0 bridgehead atoms. The van der Waals surface area contributed by atoms with E-state index >= 15 is 0 Å². The summed E-state index contributed by atoms with van der Waals surface area (Å²) in [5, 5.41) is 0.369. The van der Waals surface area contributed by atoms with Crippen LogP contribution in [-0.4, -0.2) is 25.0 Å². The Bertz CT molecular complexity index is 586. The molecular weight excluding hydrogens is 286 g/mol. The topological polar surface area (TPSA) is 3.24 Å². The van der Waals surface area contributed by atoms with E-state index in [4.69, 9.17) is 0 Å². The molecule has 0 N–H and O–H groups in total. The van der Waals surface area contributed by atoms with Crippen LogP contribution < -0.4 is 0 Å². The van der Waals surface area contributed by atoms with Crippen molar-refractivity contribution in [1.82, 2.24) is 4.90 Å². The molecule has 2 heteroatoms. The maximum Gasteiger partial charge on any atom is 0.0535 e. The average Bonchev–Trinajstić information content (AvgIpc) is 2.52. The van der Waals surface area contributed by atoms with Gasteiger partial charge in [-0.15, -0.1) is 11.8 Å². The lowest BCUT2D eigenvalue weighted by Crippen LogP contribution is -2.31. The first kappa shape index (κ1) is 16.9. The fourth-order valence-electron chi connectivity index (χ4n) is 2.47. The van der Waals surface area contributed by atoms with Crippen LogP contribution in [0.3, 0.4) is 0 Å². The highest BCUT2D eigenvalue weighted by atomic mass is 32.2. The summed E-state index contributed by atoms with van der Waals surface area (Å²) in [5.41, 5.74) is 2.72. The van der Waals surface area contributed by atoms with E-state index in [2.05, 4.69) is 99.6 Å². The molecular formula is C20H25NS. The van der Waals surface area contributed by atoms with Crippen LogP contribution in [0.5, 0.6) is 0 Å². The number of hydrogen-bond acceptors (Lipinski definition) is 2. The van der Waals surface area contributed by atoms with Gasteiger partial charge in [0, 0.05) is 10.9 Å². The third-order valence-electron chi connectivity index (χ3n) is 3.54. The summed E-state index contributed by atoms with van der Waals surface area (Å²) in [6.45, 7) is 4.34. The van der Waals surface area contributed by atoms with Crippen molar-refractivity contribution in [3.8, 4) is 0 Å². The number of thioether (sulfide) groups is 1. The molecule has 0 aliphatic carbocycles. The fourth-order valence-corrected chi connectivity index (χ4v) is 3.83. The molecule has 0 aliphatic heterocycles. The quantitative estimate of drug-likeness (QED) is 0.518. The molecule has 0 aliphatic rings. The molecule has 2 unspecified atom stereocenters. The van der Waals surface area contributed by atoms with Crippen molar-refractivity contribution in [2.45, 2.75) is 30.0 Å². The Hall–Kier alpha value is -1.51. The first-order valence-corrected chi connectivity index (χ1v) is 8.54. The Balaban J connectivity index is 2.38. The molecule has 0 saturated heterocycles. The first-order valence-electron chi connectivity index (χ1n) is 7.66. The average molecular weight is 311 g/mol. The predicted octanol–water partition coefficient (Wildman–Crippen LogP) is 5.42. The molecule has 2 rings (SSSR count). The van der Waals surface area contributed by atoms with Gasteiger partial charge in [0.1, 0.15) is 0 Å². The monoisotopic (exact) mass is 311 g/mol. The molecule has 0 saturated carbocycles. The minimum absolute atomic E-state index is 0.359.